The fourth-order valence-electron chi connectivity index (χ4n) is 3.38. The Labute approximate surface area is 211 Å². The molecule has 2 rings (SSSR count). The molecule has 0 radical (unpaired) electrons. The fraction of sp³-hybridized carbons (Fsp3) is 0.480. The molecule has 2 atom stereocenters. The number of alkyl carbamates (subject to hydrolysis) is 1. The molecule has 0 spiro atoms. The molecule has 188 valence electrons. The second-order valence-corrected chi connectivity index (χ2v) is 12.5. The number of hydrogen-bond donors (Lipinski definition) is 2. The Hall–Kier alpha value is -1.94. The van der Waals surface area contributed by atoms with Crippen molar-refractivity contribution in [2.75, 3.05) is 13.1 Å². The van der Waals surface area contributed by atoms with Gasteiger partial charge in [-0.25, -0.2) is 13.2 Å². The number of benzene rings is 2. The first-order valence-corrected chi connectivity index (χ1v) is 13.5. The van der Waals surface area contributed by atoms with E-state index in [1.54, 1.807) is 32.9 Å². The zero-order valence-electron chi connectivity index (χ0n) is 20.4. The van der Waals surface area contributed by atoms with Crippen LogP contribution in [0.15, 0.2) is 64.0 Å². The maximum Gasteiger partial charge on any atom is 0.407 e. The maximum atomic E-state index is 13.4. The summed E-state index contributed by atoms with van der Waals surface area (Å²) < 4.78 is 34.2. The summed E-state index contributed by atoms with van der Waals surface area (Å²) >= 11 is 3.32. The average Bonchev–Trinajstić information content (AvgIpc) is 2.72. The monoisotopic (exact) mass is 554 g/mol. The summed E-state index contributed by atoms with van der Waals surface area (Å²) in [5.41, 5.74) is 0.190. The summed E-state index contributed by atoms with van der Waals surface area (Å²) in [7, 11) is -3.86. The van der Waals surface area contributed by atoms with Crippen LogP contribution in [0.3, 0.4) is 0 Å². The SMILES string of the molecule is CC(C)CN(CC(O)C(Cc1ccccc1)NC(=O)OC(C)(C)C)S(=O)(=O)c1ccc(Br)cc1. The Morgan fingerprint density at radius 3 is 2.18 bits per heavy atom. The summed E-state index contributed by atoms with van der Waals surface area (Å²) in [6, 6.07) is 15.0. The molecule has 1 amide bonds. The molecule has 9 heteroatoms. The van der Waals surface area contributed by atoms with Crippen LogP contribution in [-0.4, -0.2) is 54.8 Å². The van der Waals surface area contributed by atoms with Gasteiger partial charge in [0.1, 0.15) is 5.60 Å². The molecule has 0 fully saturated rings. The van der Waals surface area contributed by atoms with Gasteiger partial charge in [-0.3, -0.25) is 0 Å². The largest absolute Gasteiger partial charge is 0.444 e. The number of sulfonamides is 1. The highest BCUT2D eigenvalue weighted by Crippen LogP contribution is 2.21. The van der Waals surface area contributed by atoms with Gasteiger partial charge in [-0.1, -0.05) is 60.1 Å². The number of nitrogens with one attached hydrogen (secondary N) is 1. The van der Waals surface area contributed by atoms with E-state index < -0.39 is 33.9 Å². The van der Waals surface area contributed by atoms with Crippen molar-refractivity contribution in [1.29, 1.82) is 0 Å². The molecule has 0 aliphatic heterocycles. The molecule has 2 aromatic carbocycles. The quantitative estimate of drug-likeness (QED) is 0.447. The first-order chi connectivity index (χ1) is 15.8. The van der Waals surface area contributed by atoms with Gasteiger partial charge >= 0.3 is 6.09 Å². The second-order valence-electron chi connectivity index (χ2n) is 9.68. The van der Waals surface area contributed by atoms with Crippen LogP contribution in [-0.2, 0) is 21.2 Å². The Balaban J connectivity index is 2.30. The molecule has 2 unspecified atom stereocenters. The Bertz CT molecular complexity index is 1020. The number of halogens is 1. The van der Waals surface area contributed by atoms with E-state index >= 15 is 0 Å². The second kappa shape index (κ2) is 12.2. The van der Waals surface area contributed by atoms with Crippen LogP contribution in [0.4, 0.5) is 4.79 Å². The van der Waals surface area contributed by atoms with E-state index in [0.717, 1.165) is 10.0 Å². The van der Waals surface area contributed by atoms with Crippen LogP contribution < -0.4 is 5.32 Å². The predicted octanol–water partition coefficient (Wildman–Crippen LogP) is 4.59. The Morgan fingerprint density at radius 2 is 1.65 bits per heavy atom. The van der Waals surface area contributed by atoms with Crippen molar-refractivity contribution >= 4 is 32.0 Å². The summed E-state index contributed by atoms with van der Waals surface area (Å²) in [5.74, 6) is 0.0313. The van der Waals surface area contributed by atoms with Crippen LogP contribution in [0.25, 0.3) is 0 Å². The third-order valence-corrected chi connectivity index (χ3v) is 7.25. The molecule has 7 nitrogen and oxygen atoms in total. The lowest BCUT2D eigenvalue weighted by Gasteiger charge is -2.31. The zero-order valence-corrected chi connectivity index (χ0v) is 22.8. The van der Waals surface area contributed by atoms with Gasteiger partial charge in [-0.15, -0.1) is 0 Å². The van der Waals surface area contributed by atoms with Crippen molar-refractivity contribution in [3.05, 3.63) is 64.6 Å². The molecule has 0 aliphatic carbocycles. The highest BCUT2D eigenvalue weighted by Gasteiger charge is 2.32. The number of ether oxygens (including phenoxy) is 1. The van der Waals surface area contributed by atoms with Gasteiger partial charge in [-0.2, -0.15) is 4.31 Å². The third-order valence-electron chi connectivity index (χ3n) is 4.88. The highest BCUT2D eigenvalue weighted by molar-refractivity contribution is 9.10. The van der Waals surface area contributed by atoms with Crippen molar-refractivity contribution in [1.82, 2.24) is 9.62 Å². The topological polar surface area (TPSA) is 95.9 Å². The Kier molecular flexibility index (Phi) is 10.1. The lowest BCUT2D eigenvalue weighted by molar-refractivity contribution is 0.0400. The summed E-state index contributed by atoms with van der Waals surface area (Å²) in [6.45, 7) is 9.14. The number of aliphatic hydroxyl groups excluding tert-OH is 1. The zero-order chi connectivity index (χ0) is 25.5. The minimum Gasteiger partial charge on any atom is -0.444 e. The van der Waals surface area contributed by atoms with Gasteiger partial charge in [0.05, 0.1) is 17.0 Å². The van der Waals surface area contributed by atoms with E-state index in [-0.39, 0.29) is 23.9 Å². The first kappa shape index (κ1) is 28.3. The number of carbonyl (C=O) groups is 1. The van der Waals surface area contributed by atoms with Gasteiger partial charge in [0.2, 0.25) is 10.0 Å². The molecule has 0 bridgehead atoms. The van der Waals surface area contributed by atoms with E-state index in [9.17, 15) is 18.3 Å². The van der Waals surface area contributed by atoms with Crippen LogP contribution in [0.5, 0.6) is 0 Å². The standard InChI is InChI=1S/C25H35BrN2O5S/c1-18(2)16-28(34(31,32)21-13-11-20(26)12-14-21)17-23(29)22(15-19-9-7-6-8-10-19)27-24(30)33-25(3,4)5/h6-14,18,22-23,29H,15-17H2,1-5H3,(H,27,30). The molecular weight excluding hydrogens is 520 g/mol. The van der Waals surface area contributed by atoms with Crippen molar-refractivity contribution in [3.8, 4) is 0 Å². The van der Waals surface area contributed by atoms with Crippen molar-refractivity contribution in [2.24, 2.45) is 5.92 Å². The van der Waals surface area contributed by atoms with Crippen molar-refractivity contribution in [2.45, 2.75) is 63.7 Å². The molecule has 0 saturated heterocycles. The highest BCUT2D eigenvalue weighted by atomic mass is 79.9. The molecule has 0 heterocycles. The number of amides is 1. The van der Waals surface area contributed by atoms with Crippen molar-refractivity contribution < 1.29 is 23.1 Å². The van der Waals surface area contributed by atoms with E-state index in [0.29, 0.717) is 6.42 Å². The number of hydrogen-bond acceptors (Lipinski definition) is 5. The molecule has 34 heavy (non-hydrogen) atoms. The molecule has 0 aliphatic rings. The van der Waals surface area contributed by atoms with E-state index in [4.69, 9.17) is 4.74 Å². The lowest BCUT2D eigenvalue weighted by atomic mass is 10.0. The molecular formula is C25H35BrN2O5S. The van der Waals surface area contributed by atoms with Gasteiger partial charge in [0.25, 0.3) is 0 Å². The fourth-order valence-corrected chi connectivity index (χ4v) is 5.27. The molecule has 2 N–H and O–H groups in total. The number of aliphatic hydroxyl groups is 1. The summed E-state index contributed by atoms with van der Waals surface area (Å²) in [4.78, 5) is 12.6. The van der Waals surface area contributed by atoms with Crippen LogP contribution in [0.1, 0.15) is 40.2 Å². The number of rotatable bonds is 10. The summed E-state index contributed by atoms with van der Waals surface area (Å²) in [5, 5.41) is 13.9. The van der Waals surface area contributed by atoms with Gasteiger partial charge in [0, 0.05) is 17.6 Å². The van der Waals surface area contributed by atoms with Crippen LogP contribution in [0.2, 0.25) is 0 Å². The van der Waals surface area contributed by atoms with E-state index in [2.05, 4.69) is 21.2 Å². The number of nitrogens with zero attached hydrogens (tertiary/aromatic N) is 1. The van der Waals surface area contributed by atoms with Crippen LogP contribution >= 0.6 is 15.9 Å². The van der Waals surface area contributed by atoms with Crippen molar-refractivity contribution in [3.63, 3.8) is 0 Å². The minimum absolute atomic E-state index is 0.0313. The van der Waals surface area contributed by atoms with Gasteiger partial charge < -0.3 is 15.2 Å². The van der Waals surface area contributed by atoms with E-state index in [1.165, 1.54) is 16.4 Å². The smallest absolute Gasteiger partial charge is 0.407 e. The minimum atomic E-state index is -3.86. The van der Waals surface area contributed by atoms with E-state index in [1.807, 2.05) is 44.2 Å². The third kappa shape index (κ3) is 9.02. The molecule has 0 aromatic heterocycles. The molecule has 2 aromatic rings. The average molecular weight is 556 g/mol. The van der Waals surface area contributed by atoms with Gasteiger partial charge in [0.15, 0.2) is 0 Å². The first-order valence-electron chi connectivity index (χ1n) is 11.2. The normalized spacial score (nSPS) is 14.1. The Morgan fingerprint density at radius 1 is 1.06 bits per heavy atom. The summed E-state index contributed by atoms with van der Waals surface area (Å²) in [6.07, 6.45) is -1.52. The molecule has 0 saturated carbocycles. The lowest BCUT2D eigenvalue weighted by Crippen LogP contribution is -2.51. The maximum absolute atomic E-state index is 13.4. The van der Waals surface area contributed by atoms with Crippen LogP contribution in [0, 0.1) is 5.92 Å². The predicted molar refractivity (Wildman–Crippen MR) is 137 cm³/mol. The number of carbonyl (C=O) groups excluding carboxylic acids is 1. The van der Waals surface area contributed by atoms with Gasteiger partial charge in [-0.05, 0) is 62.9 Å².